The zero-order chi connectivity index (χ0) is 13.5. The van der Waals surface area contributed by atoms with Gasteiger partial charge in [0.1, 0.15) is 5.75 Å². The van der Waals surface area contributed by atoms with Crippen molar-refractivity contribution in [2.45, 2.75) is 4.90 Å². The summed E-state index contributed by atoms with van der Waals surface area (Å²) in [6, 6.07) is 18.4. The predicted octanol–water partition coefficient (Wildman–Crippen LogP) is 3.78. The maximum atomic E-state index is 11.1. The van der Waals surface area contributed by atoms with Crippen molar-refractivity contribution in [1.29, 1.82) is 0 Å². The molecule has 0 radical (unpaired) electrons. The van der Waals surface area contributed by atoms with Gasteiger partial charge in [-0.05, 0) is 24.3 Å². The Balaban J connectivity index is 2.10. The lowest BCUT2D eigenvalue weighted by Gasteiger charge is -2.05. The van der Waals surface area contributed by atoms with Crippen LogP contribution in [0.25, 0.3) is 0 Å². The SMILES string of the molecule is O=C(O)/C(=C/Sc1ccccc1)Oc1ccccc1. The van der Waals surface area contributed by atoms with Gasteiger partial charge in [-0.2, -0.15) is 0 Å². The van der Waals surface area contributed by atoms with Gasteiger partial charge in [0, 0.05) is 10.3 Å². The lowest BCUT2D eigenvalue weighted by molar-refractivity contribution is -0.135. The highest BCUT2D eigenvalue weighted by Gasteiger charge is 2.10. The summed E-state index contributed by atoms with van der Waals surface area (Å²) in [5.74, 6) is -0.683. The van der Waals surface area contributed by atoms with Gasteiger partial charge in [0.15, 0.2) is 0 Å². The van der Waals surface area contributed by atoms with Gasteiger partial charge in [-0.3, -0.25) is 0 Å². The zero-order valence-electron chi connectivity index (χ0n) is 10.0. The third-order valence-electron chi connectivity index (χ3n) is 2.23. The van der Waals surface area contributed by atoms with Crippen molar-refractivity contribution in [1.82, 2.24) is 0 Å². The number of carbonyl (C=O) groups is 1. The van der Waals surface area contributed by atoms with Crippen molar-refractivity contribution < 1.29 is 14.6 Å². The van der Waals surface area contributed by atoms with Gasteiger partial charge >= 0.3 is 5.97 Å². The highest BCUT2D eigenvalue weighted by Crippen LogP contribution is 2.22. The van der Waals surface area contributed by atoms with Crippen molar-refractivity contribution in [3.8, 4) is 5.75 Å². The summed E-state index contributed by atoms with van der Waals surface area (Å²) < 4.78 is 5.34. The topological polar surface area (TPSA) is 46.5 Å². The summed E-state index contributed by atoms with van der Waals surface area (Å²) in [5.41, 5.74) is 0. The molecule has 0 bridgehead atoms. The van der Waals surface area contributed by atoms with E-state index in [0.717, 1.165) is 4.90 Å². The van der Waals surface area contributed by atoms with Gasteiger partial charge in [0.05, 0.1) is 0 Å². The van der Waals surface area contributed by atoms with Crippen LogP contribution in [0, 0.1) is 0 Å². The monoisotopic (exact) mass is 272 g/mol. The van der Waals surface area contributed by atoms with E-state index in [9.17, 15) is 4.79 Å². The van der Waals surface area contributed by atoms with Gasteiger partial charge in [-0.15, -0.1) is 0 Å². The number of para-hydroxylation sites is 1. The maximum Gasteiger partial charge on any atom is 0.372 e. The van der Waals surface area contributed by atoms with Gasteiger partial charge in [0.2, 0.25) is 5.76 Å². The first-order valence-corrected chi connectivity index (χ1v) is 6.52. The Labute approximate surface area is 115 Å². The van der Waals surface area contributed by atoms with E-state index in [-0.39, 0.29) is 5.76 Å². The molecule has 0 unspecified atom stereocenters. The predicted molar refractivity (Wildman–Crippen MR) is 75.1 cm³/mol. The molecule has 0 aromatic heterocycles. The molecule has 0 spiro atoms. The third kappa shape index (κ3) is 4.19. The first kappa shape index (κ1) is 13.2. The number of benzene rings is 2. The summed E-state index contributed by atoms with van der Waals surface area (Å²) in [4.78, 5) is 12.1. The van der Waals surface area contributed by atoms with E-state index in [1.807, 2.05) is 36.4 Å². The van der Waals surface area contributed by atoms with Crippen LogP contribution in [0.1, 0.15) is 0 Å². The van der Waals surface area contributed by atoms with E-state index < -0.39 is 5.97 Å². The Morgan fingerprint density at radius 1 is 1.00 bits per heavy atom. The van der Waals surface area contributed by atoms with Gasteiger partial charge in [0.25, 0.3) is 0 Å². The third-order valence-corrected chi connectivity index (χ3v) is 3.10. The Kier molecular flexibility index (Phi) is 4.64. The molecule has 4 heteroatoms. The van der Waals surface area contributed by atoms with Crippen LogP contribution in [0.15, 0.2) is 76.7 Å². The van der Waals surface area contributed by atoms with E-state index in [1.165, 1.54) is 17.2 Å². The van der Waals surface area contributed by atoms with Crippen LogP contribution in [0.3, 0.4) is 0 Å². The molecule has 2 rings (SSSR count). The van der Waals surface area contributed by atoms with Crippen molar-refractivity contribution in [3.05, 3.63) is 71.8 Å². The van der Waals surface area contributed by atoms with Gasteiger partial charge in [-0.1, -0.05) is 48.2 Å². The van der Waals surface area contributed by atoms with E-state index in [4.69, 9.17) is 9.84 Å². The number of carboxylic acids is 1. The molecule has 3 nitrogen and oxygen atoms in total. The molecule has 0 heterocycles. The molecule has 19 heavy (non-hydrogen) atoms. The quantitative estimate of drug-likeness (QED) is 0.511. The second-order valence-corrected chi connectivity index (χ2v) is 4.58. The van der Waals surface area contributed by atoms with E-state index in [2.05, 4.69) is 0 Å². The molecular weight excluding hydrogens is 260 g/mol. The summed E-state index contributed by atoms with van der Waals surface area (Å²) in [5, 5.41) is 10.6. The Morgan fingerprint density at radius 2 is 1.58 bits per heavy atom. The molecule has 0 aliphatic carbocycles. The number of rotatable bonds is 5. The minimum atomic E-state index is -1.09. The zero-order valence-corrected chi connectivity index (χ0v) is 10.8. The van der Waals surface area contributed by atoms with Gasteiger partial charge < -0.3 is 9.84 Å². The molecular formula is C15H12O3S. The Bertz CT molecular complexity index is 564. The highest BCUT2D eigenvalue weighted by atomic mass is 32.2. The first-order valence-electron chi connectivity index (χ1n) is 5.64. The van der Waals surface area contributed by atoms with Crippen LogP contribution in [0.4, 0.5) is 0 Å². The van der Waals surface area contributed by atoms with Crippen LogP contribution in [0.2, 0.25) is 0 Å². The van der Waals surface area contributed by atoms with Crippen molar-refractivity contribution in [2.24, 2.45) is 0 Å². The molecule has 0 atom stereocenters. The van der Waals surface area contributed by atoms with Crippen LogP contribution < -0.4 is 4.74 Å². The lowest BCUT2D eigenvalue weighted by atomic mass is 10.3. The summed E-state index contributed by atoms with van der Waals surface area (Å²) in [7, 11) is 0. The van der Waals surface area contributed by atoms with Crippen LogP contribution >= 0.6 is 11.8 Å². The number of ether oxygens (including phenoxy) is 1. The fourth-order valence-electron chi connectivity index (χ4n) is 1.35. The van der Waals surface area contributed by atoms with E-state index >= 15 is 0 Å². The number of carboxylic acid groups (broad SMARTS) is 1. The van der Waals surface area contributed by atoms with Crippen LogP contribution in [0.5, 0.6) is 5.75 Å². The molecule has 2 aromatic rings. The molecule has 0 saturated heterocycles. The number of thioether (sulfide) groups is 1. The maximum absolute atomic E-state index is 11.1. The Hall–Kier alpha value is -2.20. The summed E-state index contributed by atoms with van der Waals surface area (Å²) >= 11 is 1.31. The minimum Gasteiger partial charge on any atom is -0.475 e. The summed E-state index contributed by atoms with van der Waals surface area (Å²) in [6.07, 6.45) is 0. The average Bonchev–Trinajstić information content (AvgIpc) is 2.45. The fourth-order valence-corrected chi connectivity index (χ4v) is 2.06. The molecule has 1 N–H and O–H groups in total. The van der Waals surface area contributed by atoms with Crippen molar-refractivity contribution in [2.75, 3.05) is 0 Å². The minimum absolute atomic E-state index is 0.0972. The van der Waals surface area contributed by atoms with E-state index in [0.29, 0.717) is 5.75 Å². The molecule has 0 amide bonds. The smallest absolute Gasteiger partial charge is 0.372 e. The molecule has 2 aromatic carbocycles. The standard InChI is InChI=1S/C15H12O3S/c16-15(17)14(18-12-7-3-1-4-8-12)11-19-13-9-5-2-6-10-13/h1-11H,(H,16,17)/b14-11-. The molecule has 0 fully saturated rings. The van der Waals surface area contributed by atoms with Crippen molar-refractivity contribution >= 4 is 17.7 Å². The summed E-state index contributed by atoms with van der Waals surface area (Å²) in [6.45, 7) is 0. The number of hydrogen-bond acceptors (Lipinski definition) is 3. The van der Waals surface area contributed by atoms with Crippen LogP contribution in [-0.4, -0.2) is 11.1 Å². The van der Waals surface area contributed by atoms with Gasteiger partial charge in [-0.25, -0.2) is 4.79 Å². The highest BCUT2D eigenvalue weighted by molar-refractivity contribution is 8.02. The Morgan fingerprint density at radius 3 is 2.16 bits per heavy atom. The average molecular weight is 272 g/mol. The second kappa shape index (κ2) is 6.66. The van der Waals surface area contributed by atoms with E-state index in [1.54, 1.807) is 24.3 Å². The van der Waals surface area contributed by atoms with Crippen molar-refractivity contribution in [3.63, 3.8) is 0 Å². The first-order chi connectivity index (χ1) is 9.25. The molecule has 0 aliphatic rings. The largest absolute Gasteiger partial charge is 0.475 e. The normalized spacial score (nSPS) is 11.1. The molecule has 96 valence electrons. The lowest BCUT2D eigenvalue weighted by Crippen LogP contribution is -2.07. The second-order valence-electron chi connectivity index (χ2n) is 3.63. The molecule has 0 aliphatic heterocycles. The molecule has 0 saturated carbocycles. The number of hydrogen-bond donors (Lipinski definition) is 1. The van der Waals surface area contributed by atoms with Crippen LogP contribution in [-0.2, 0) is 4.79 Å². The fraction of sp³-hybridized carbons (Fsp3) is 0. The number of aliphatic carboxylic acids is 1.